The van der Waals surface area contributed by atoms with E-state index in [1.807, 2.05) is 6.92 Å². The summed E-state index contributed by atoms with van der Waals surface area (Å²) in [5, 5.41) is 0.474. The van der Waals surface area contributed by atoms with Crippen LogP contribution in [0.2, 0.25) is 5.02 Å². The highest BCUT2D eigenvalue weighted by molar-refractivity contribution is 7.89. The molecule has 3 aromatic rings. The number of Topliss-reactive ketones (excluding diaryl/α,β-unsaturated/α-hetero) is 1. The van der Waals surface area contributed by atoms with E-state index in [1.54, 1.807) is 79.7 Å². The van der Waals surface area contributed by atoms with Crippen LogP contribution >= 0.6 is 11.6 Å². The number of hydrogen-bond acceptors (Lipinski definition) is 5. The van der Waals surface area contributed by atoms with Gasteiger partial charge in [-0.1, -0.05) is 77.8 Å². The van der Waals surface area contributed by atoms with E-state index in [-0.39, 0.29) is 29.3 Å². The van der Waals surface area contributed by atoms with Crippen LogP contribution in [0.1, 0.15) is 40.9 Å². The van der Waals surface area contributed by atoms with Crippen LogP contribution in [0.3, 0.4) is 0 Å². The molecule has 0 unspecified atom stereocenters. The first-order chi connectivity index (χ1) is 17.2. The smallest absolute Gasteiger partial charge is 0.335 e. The fraction of sp³-hybridized carbons (Fsp3) is 0.214. The number of esters is 1. The van der Waals surface area contributed by atoms with Crippen LogP contribution in [0.25, 0.3) is 0 Å². The summed E-state index contributed by atoms with van der Waals surface area (Å²) in [7, 11) is -4.13. The van der Waals surface area contributed by atoms with Gasteiger partial charge < -0.3 is 4.74 Å². The number of ether oxygens (including phenoxy) is 1. The van der Waals surface area contributed by atoms with Gasteiger partial charge >= 0.3 is 5.97 Å². The normalized spacial score (nSPS) is 18.0. The summed E-state index contributed by atoms with van der Waals surface area (Å²) in [6.07, 6.45) is 1.41. The molecule has 0 amide bonds. The summed E-state index contributed by atoms with van der Waals surface area (Å²) in [6, 6.07) is 19.9. The molecule has 0 saturated carbocycles. The zero-order valence-corrected chi connectivity index (χ0v) is 21.5. The van der Waals surface area contributed by atoms with E-state index in [4.69, 9.17) is 16.3 Å². The summed E-state index contributed by atoms with van der Waals surface area (Å²) in [5.74, 6) is -0.864. The van der Waals surface area contributed by atoms with Crippen molar-refractivity contribution in [3.8, 4) is 0 Å². The molecular weight excluding hydrogens is 498 g/mol. The predicted octanol–water partition coefficient (Wildman–Crippen LogP) is 5.53. The first-order valence-electron chi connectivity index (χ1n) is 11.5. The minimum absolute atomic E-state index is 0.0720. The van der Waals surface area contributed by atoms with Gasteiger partial charge in [-0.3, -0.25) is 4.79 Å². The fourth-order valence-corrected chi connectivity index (χ4v) is 6.15. The molecule has 1 heterocycles. The zero-order valence-electron chi connectivity index (χ0n) is 19.9. The summed E-state index contributed by atoms with van der Waals surface area (Å²) in [6.45, 7) is 3.67. The Morgan fingerprint density at radius 1 is 0.944 bits per heavy atom. The average molecular weight is 524 g/mol. The number of sulfonamides is 1. The molecule has 1 aliphatic heterocycles. The molecule has 0 N–H and O–H groups in total. The van der Waals surface area contributed by atoms with Crippen LogP contribution in [-0.4, -0.2) is 37.1 Å². The van der Waals surface area contributed by atoms with Crippen LogP contribution in [0.15, 0.2) is 95.4 Å². The van der Waals surface area contributed by atoms with Crippen molar-refractivity contribution in [2.24, 2.45) is 0 Å². The van der Waals surface area contributed by atoms with Gasteiger partial charge in [0.1, 0.15) is 0 Å². The minimum atomic E-state index is -4.13. The number of nitrogens with zero attached hydrogens (tertiary/aromatic N) is 1. The monoisotopic (exact) mass is 523 g/mol. The third-order valence-electron chi connectivity index (χ3n) is 6.03. The predicted molar refractivity (Wildman–Crippen MR) is 138 cm³/mol. The first-order valence-corrected chi connectivity index (χ1v) is 13.4. The summed E-state index contributed by atoms with van der Waals surface area (Å²) in [4.78, 5) is 26.3. The van der Waals surface area contributed by atoms with Crippen LogP contribution in [0, 0.1) is 6.92 Å². The van der Waals surface area contributed by atoms with Crippen molar-refractivity contribution in [3.05, 3.63) is 112 Å². The Morgan fingerprint density at radius 3 is 2.19 bits per heavy atom. The number of hydrogen-bond donors (Lipinski definition) is 0. The van der Waals surface area contributed by atoms with Crippen molar-refractivity contribution in [2.75, 3.05) is 6.61 Å². The fourth-order valence-electron chi connectivity index (χ4n) is 4.30. The largest absolute Gasteiger partial charge is 0.463 e. The number of rotatable bonds is 8. The second-order valence-corrected chi connectivity index (χ2v) is 10.8. The van der Waals surface area contributed by atoms with Gasteiger partial charge in [-0.05, 0) is 43.7 Å². The molecule has 0 radical (unpaired) electrons. The Balaban J connectivity index is 1.85. The van der Waals surface area contributed by atoms with Gasteiger partial charge in [0.05, 0.1) is 29.2 Å². The maximum absolute atomic E-state index is 14.1. The lowest BCUT2D eigenvalue weighted by Crippen LogP contribution is -2.40. The average Bonchev–Trinajstić information content (AvgIpc) is 3.25. The molecule has 1 aliphatic rings. The molecule has 36 heavy (non-hydrogen) atoms. The highest BCUT2D eigenvalue weighted by Gasteiger charge is 2.47. The standard InChI is InChI=1S/C28H26ClNO5S/c1-3-35-28(32)25-17-23(18-26(31)20-7-5-4-6-8-20)30(27(25)21-11-13-22(29)14-12-21)36(33,34)24-15-9-19(2)10-16-24/h4-17,23,27H,3,18H2,1-2H3/t23-,27-/m0/s1. The molecule has 6 nitrogen and oxygen atoms in total. The van der Waals surface area contributed by atoms with Crippen LogP contribution < -0.4 is 0 Å². The second-order valence-electron chi connectivity index (χ2n) is 8.51. The zero-order chi connectivity index (χ0) is 25.9. The van der Waals surface area contributed by atoms with Crippen LogP contribution in [-0.2, 0) is 19.6 Å². The number of halogens is 1. The third kappa shape index (κ3) is 5.28. The van der Waals surface area contributed by atoms with Crippen molar-refractivity contribution in [1.29, 1.82) is 0 Å². The first kappa shape index (κ1) is 25.8. The van der Waals surface area contributed by atoms with Gasteiger partial charge in [0.15, 0.2) is 5.78 Å². The summed E-state index contributed by atoms with van der Waals surface area (Å²) >= 11 is 6.09. The third-order valence-corrected chi connectivity index (χ3v) is 8.19. The summed E-state index contributed by atoms with van der Waals surface area (Å²) < 4.78 is 34.6. The number of benzene rings is 3. The molecule has 4 rings (SSSR count). The van der Waals surface area contributed by atoms with Gasteiger partial charge in [-0.15, -0.1) is 0 Å². The van der Waals surface area contributed by atoms with E-state index in [0.717, 1.165) is 5.56 Å². The number of carbonyl (C=O) groups excluding carboxylic acids is 2. The van der Waals surface area contributed by atoms with Crippen LogP contribution in [0.4, 0.5) is 0 Å². The van der Waals surface area contributed by atoms with E-state index in [1.165, 1.54) is 16.4 Å². The van der Waals surface area contributed by atoms with Crippen molar-refractivity contribution >= 4 is 33.4 Å². The van der Waals surface area contributed by atoms with Crippen LogP contribution in [0.5, 0.6) is 0 Å². The molecule has 2 atom stereocenters. The Morgan fingerprint density at radius 2 is 1.58 bits per heavy atom. The maximum Gasteiger partial charge on any atom is 0.335 e. The highest BCUT2D eigenvalue weighted by atomic mass is 35.5. The second kappa shape index (κ2) is 10.8. The molecule has 0 bridgehead atoms. The molecule has 0 aliphatic carbocycles. The Hall–Kier alpha value is -3.26. The Bertz CT molecular complexity index is 1380. The van der Waals surface area contributed by atoms with E-state index >= 15 is 0 Å². The van der Waals surface area contributed by atoms with Crippen molar-refractivity contribution in [3.63, 3.8) is 0 Å². The van der Waals surface area contributed by atoms with Crippen molar-refractivity contribution in [1.82, 2.24) is 4.31 Å². The van der Waals surface area contributed by atoms with Gasteiger partial charge in [0.25, 0.3) is 0 Å². The molecule has 186 valence electrons. The Kier molecular flexibility index (Phi) is 7.73. The maximum atomic E-state index is 14.1. The summed E-state index contributed by atoms with van der Waals surface area (Å²) in [5.41, 5.74) is 2.08. The van der Waals surface area contributed by atoms with E-state index in [0.29, 0.717) is 16.1 Å². The molecule has 0 spiro atoms. The SMILES string of the molecule is CCOC(=O)C1=C[C@@H](CC(=O)c2ccccc2)N(S(=O)(=O)c2ccc(C)cc2)[C@H]1c1ccc(Cl)cc1. The molecule has 0 saturated heterocycles. The van der Waals surface area contributed by atoms with E-state index < -0.39 is 28.1 Å². The minimum Gasteiger partial charge on any atom is -0.463 e. The quantitative estimate of drug-likeness (QED) is 0.286. The number of ketones is 1. The lowest BCUT2D eigenvalue weighted by atomic mass is 10.0. The number of aryl methyl sites for hydroxylation is 1. The molecular formula is C28H26ClNO5S. The van der Waals surface area contributed by atoms with E-state index in [2.05, 4.69) is 0 Å². The number of carbonyl (C=O) groups is 2. The molecule has 0 fully saturated rings. The topological polar surface area (TPSA) is 80.8 Å². The van der Waals surface area contributed by atoms with Gasteiger partial charge in [0.2, 0.25) is 10.0 Å². The van der Waals surface area contributed by atoms with Crippen molar-refractivity contribution < 1.29 is 22.7 Å². The Labute approximate surface area is 216 Å². The van der Waals surface area contributed by atoms with Gasteiger partial charge in [-0.2, -0.15) is 4.31 Å². The highest BCUT2D eigenvalue weighted by Crippen LogP contribution is 2.43. The van der Waals surface area contributed by atoms with E-state index in [9.17, 15) is 18.0 Å². The molecule has 0 aromatic heterocycles. The van der Waals surface area contributed by atoms with Crippen molar-refractivity contribution in [2.45, 2.75) is 37.2 Å². The lowest BCUT2D eigenvalue weighted by Gasteiger charge is -2.31. The van der Waals surface area contributed by atoms with Gasteiger partial charge in [-0.25, -0.2) is 13.2 Å². The van der Waals surface area contributed by atoms with Gasteiger partial charge in [0, 0.05) is 17.0 Å². The molecule has 3 aromatic carbocycles. The lowest BCUT2D eigenvalue weighted by molar-refractivity contribution is -0.138. The molecule has 8 heteroatoms.